The number of carbonyl (C=O) groups excluding carboxylic acids is 1. The molecule has 1 fully saturated rings. The number of hydrogen-bond acceptors (Lipinski definition) is 4. The number of nitrogens with one attached hydrogen (secondary N) is 2. The highest BCUT2D eigenvalue weighted by molar-refractivity contribution is 7.99. The second kappa shape index (κ2) is 5.18. The van der Waals surface area contributed by atoms with E-state index in [2.05, 4.69) is 10.3 Å². The van der Waals surface area contributed by atoms with Crippen molar-refractivity contribution in [3.05, 3.63) is 23.9 Å². The van der Waals surface area contributed by atoms with Gasteiger partial charge in [-0.2, -0.15) is 0 Å². The Morgan fingerprint density at radius 1 is 1.59 bits per heavy atom. The smallest absolute Gasteiger partial charge is 0.230 e. The van der Waals surface area contributed by atoms with E-state index >= 15 is 0 Å². The molecule has 0 radical (unpaired) electrons. The molecule has 5 nitrogen and oxygen atoms in total. The molecule has 0 atom stereocenters. The zero-order valence-corrected chi connectivity index (χ0v) is 10.1. The maximum Gasteiger partial charge on any atom is 0.230 e. The summed E-state index contributed by atoms with van der Waals surface area (Å²) in [6.07, 6.45) is 2.18. The van der Waals surface area contributed by atoms with Crippen LogP contribution in [0.15, 0.2) is 23.2 Å². The Morgan fingerprint density at radius 2 is 2.35 bits per heavy atom. The highest BCUT2D eigenvalue weighted by Gasteiger charge is 2.23. The van der Waals surface area contributed by atoms with Gasteiger partial charge >= 0.3 is 0 Å². The summed E-state index contributed by atoms with van der Waals surface area (Å²) in [6, 6.07) is 5.66. The fourth-order valence-corrected chi connectivity index (χ4v) is 1.98. The number of thioether (sulfide) groups is 1. The van der Waals surface area contributed by atoms with E-state index in [-0.39, 0.29) is 11.7 Å². The number of amidine groups is 1. The summed E-state index contributed by atoms with van der Waals surface area (Å²) in [5.74, 6) is 0.326. The SMILES string of the molecule is N=C(N)c1cccc(SCC(=O)NC2CC2)n1. The Balaban J connectivity index is 1.87. The molecular weight excluding hydrogens is 236 g/mol. The fourth-order valence-electron chi connectivity index (χ4n) is 1.28. The van der Waals surface area contributed by atoms with Crippen molar-refractivity contribution in [3.63, 3.8) is 0 Å². The van der Waals surface area contributed by atoms with Crippen molar-refractivity contribution in [3.8, 4) is 0 Å². The average molecular weight is 250 g/mol. The Hall–Kier alpha value is -1.56. The van der Waals surface area contributed by atoms with Gasteiger partial charge in [0.05, 0.1) is 10.8 Å². The van der Waals surface area contributed by atoms with Crippen LogP contribution in [0.5, 0.6) is 0 Å². The lowest BCUT2D eigenvalue weighted by Crippen LogP contribution is -2.27. The van der Waals surface area contributed by atoms with Crippen LogP contribution < -0.4 is 11.1 Å². The van der Waals surface area contributed by atoms with E-state index in [1.165, 1.54) is 11.8 Å². The van der Waals surface area contributed by atoms with Gasteiger partial charge in [-0.25, -0.2) is 4.98 Å². The van der Waals surface area contributed by atoms with Crippen LogP contribution >= 0.6 is 11.8 Å². The van der Waals surface area contributed by atoms with E-state index in [1.807, 2.05) is 6.07 Å². The van der Waals surface area contributed by atoms with Gasteiger partial charge in [-0.3, -0.25) is 10.2 Å². The van der Waals surface area contributed by atoms with Crippen molar-refractivity contribution in [1.29, 1.82) is 5.41 Å². The molecular formula is C11H14N4OS. The molecule has 0 bridgehead atoms. The van der Waals surface area contributed by atoms with Crippen LogP contribution in [0.3, 0.4) is 0 Å². The van der Waals surface area contributed by atoms with Gasteiger partial charge in [-0.15, -0.1) is 0 Å². The summed E-state index contributed by atoms with van der Waals surface area (Å²) in [6.45, 7) is 0. The first kappa shape index (κ1) is 11.9. The Morgan fingerprint density at radius 3 is 3.00 bits per heavy atom. The molecule has 4 N–H and O–H groups in total. The van der Waals surface area contributed by atoms with E-state index < -0.39 is 0 Å². The number of nitrogens with two attached hydrogens (primary N) is 1. The molecule has 0 saturated heterocycles. The number of nitrogen functional groups attached to an aromatic ring is 1. The minimum atomic E-state index is -0.0603. The van der Waals surface area contributed by atoms with Crippen LogP contribution in [0, 0.1) is 5.41 Å². The molecule has 6 heteroatoms. The number of aromatic nitrogens is 1. The molecule has 1 aromatic heterocycles. The topological polar surface area (TPSA) is 91.9 Å². The van der Waals surface area contributed by atoms with Crippen LogP contribution in [-0.4, -0.2) is 28.5 Å². The molecule has 0 aliphatic heterocycles. The Kier molecular flexibility index (Phi) is 3.63. The van der Waals surface area contributed by atoms with E-state index in [0.717, 1.165) is 12.8 Å². The predicted molar refractivity (Wildman–Crippen MR) is 67.1 cm³/mol. The largest absolute Gasteiger partial charge is 0.382 e. The maximum absolute atomic E-state index is 11.5. The van der Waals surface area contributed by atoms with Gasteiger partial charge < -0.3 is 11.1 Å². The lowest BCUT2D eigenvalue weighted by Gasteiger charge is -2.04. The normalized spacial score (nSPS) is 14.4. The highest BCUT2D eigenvalue weighted by atomic mass is 32.2. The van der Waals surface area contributed by atoms with Crippen molar-refractivity contribution in [2.24, 2.45) is 5.73 Å². The highest BCUT2D eigenvalue weighted by Crippen LogP contribution is 2.20. The maximum atomic E-state index is 11.5. The average Bonchev–Trinajstić information content (AvgIpc) is 3.11. The fraction of sp³-hybridized carbons (Fsp3) is 0.364. The number of nitrogens with zero attached hydrogens (tertiary/aromatic N) is 1. The van der Waals surface area contributed by atoms with Gasteiger partial charge in [0.15, 0.2) is 0 Å². The summed E-state index contributed by atoms with van der Waals surface area (Å²) in [5.41, 5.74) is 5.79. The van der Waals surface area contributed by atoms with Crippen molar-refractivity contribution in [2.45, 2.75) is 23.9 Å². The summed E-state index contributed by atoms with van der Waals surface area (Å²) < 4.78 is 0. The zero-order chi connectivity index (χ0) is 12.3. The molecule has 1 aromatic rings. The first-order chi connectivity index (χ1) is 8.15. The summed E-state index contributed by atoms with van der Waals surface area (Å²) in [4.78, 5) is 15.6. The summed E-state index contributed by atoms with van der Waals surface area (Å²) >= 11 is 1.35. The van der Waals surface area contributed by atoms with Crippen LogP contribution in [0.1, 0.15) is 18.5 Å². The standard InChI is InChI=1S/C11H14N4OS/c12-11(13)8-2-1-3-10(15-8)17-6-9(16)14-7-4-5-7/h1-3,7H,4-6H2,(H3,12,13)(H,14,16). The molecule has 1 aliphatic rings. The zero-order valence-electron chi connectivity index (χ0n) is 9.27. The molecule has 1 aliphatic carbocycles. The van der Waals surface area contributed by atoms with Crippen LogP contribution in [0.25, 0.3) is 0 Å². The number of pyridine rings is 1. The van der Waals surface area contributed by atoms with Crippen LogP contribution in [-0.2, 0) is 4.79 Å². The summed E-state index contributed by atoms with van der Waals surface area (Å²) in [7, 11) is 0. The van der Waals surface area contributed by atoms with Gasteiger partial charge in [0.25, 0.3) is 0 Å². The van der Waals surface area contributed by atoms with Gasteiger partial charge in [0, 0.05) is 6.04 Å². The van der Waals surface area contributed by atoms with Crippen molar-refractivity contribution < 1.29 is 4.79 Å². The van der Waals surface area contributed by atoms with Gasteiger partial charge in [0.1, 0.15) is 11.5 Å². The third-order valence-corrected chi connectivity index (χ3v) is 3.22. The first-order valence-electron chi connectivity index (χ1n) is 5.39. The van der Waals surface area contributed by atoms with E-state index in [1.54, 1.807) is 12.1 Å². The number of carbonyl (C=O) groups is 1. The van der Waals surface area contributed by atoms with Crippen LogP contribution in [0.4, 0.5) is 0 Å². The molecule has 0 unspecified atom stereocenters. The molecule has 0 aromatic carbocycles. The van der Waals surface area contributed by atoms with E-state index in [0.29, 0.717) is 22.5 Å². The Bertz CT molecular complexity index is 445. The molecule has 90 valence electrons. The monoisotopic (exact) mass is 250 g/mol. The number of hydrogen-bond donors (Lipinski definition) is 3. The van der Waals surface area contributed by atoms with Crippen molar-refractivity contribution >= 4 is 23.5 Å². The lowest BCUT2D eigenvalue weighted by molar-refractivity contribution is -0.118. The molecule has 1 saturated carbocycles. The Labute approximate surface area is 104 Å². The molecule has 1 heterocycles. The number of rotatable bonds is 5. The minimum Gasteiger partial charge on any atom is -0.382 e. The van der Waals surface area contributed by atoms with Gasteiger partial charge in [0.2, 0.25) is 5.91 Å². The second-order valence-corrected chi connectivity index (χ2v) is 4.90. The molecule has 2 rings (SSSR count). The van der Waals surface area contributed by atoms with Crippen molar-refractivity contribution in [2.75, 3.05) is 5.75 Å². The van der Waals surface area contributed by atoms with Gasteiger partial charge in [-0.05, 0) is 25.0 Å². The third kappa shape index (κ3) is 3.74. The van der Waals surface area contributed by atoms with E-state index in [4.69, 9.17) is 11.1 Å². The predicted octanol–water partition coefficient (Wildman–Crippen LogP) is 0.736. The van der Waals surface area contributed by atoms with E-state index in [9.17, 15) is 4.79 Å². The van der Waals surface area contributed by atoms with Crippen LogP contribution in [0.2, 0.25) is 0 Å². The van der Waals surface area contributed by atoms with Gasteiger partial charge in [-0.1, -0.05) is 17.8 Å². The first-order valence-corrected chi connectivity index (χ1v) is 6.37. The molecule has 17 heavy (non-hydrogen) atoms. The summed E-state index contributed by atoms with van der Waals surface area (Å²) in [5, 5.41) is 10.9. The molecule has 1 amide bonds. The second-order valence-electron chi connectivity index (χ2n) is 3.91. The number of amides is 1. The lowest BCUT2D eigenvalue weighted by atomic mass is 10.3. The minimum absolute atomic E-state index is 0.0347. The van der Waals surface area contributed by atoms with Crippen molar-refractivity contribution in [1.82, 2.24) is 10.3 Å². The molecule has 0 spiro atoms. The quantitative estimate of drug-likeness (QED) is 0.408. The third-order valence-electron chi connectivity index (χ3n) is 2.29.